The largest absolute Gasteiger partial charge is 2.00 e. The van der Waals surface area contributed by atoms with E-state index >= 15 is 0 Å². The van der Waals surface area contributed by atoms with E-state index in [1.54, 1.807) is 0 Å². The van der Waals surface area contributed by atoms with Gasteiger partial charge in [0.15, 0.2) is 0 Å². The zero-order valence-electron chi connectivity index (χ0n) is 46.6. The van der Waals surface area contributed by atoms with Crippen LogP contribution in [-0.2, 0) is 39.0 Å². The van der Waals surface area contributed by atoms with Crippen LogP contribution in [0.4, 0.5) is 0 Å². The molecule has 6 aromatic heterocycles. The molecule has 16 bridgehead atoms. The van der Waals surface area contributed by atoms with Gasteiger partial charge in [0.1, 0.15) is 0 Å². The molecule has 0 amide bonds. The summed E-state index contributed by atoms with van der Waals surface area (Å²) in [5.74, 6) is 0. The summed E-state index contributed by atoms with van der Waals surface area (Å²) in [5, 5.41) is 0. The number of nitrogens with zero attached hydrogens (tertiary/aromatic N) is 8. The Morgan fingerprint density at radius 1 is 0.163 bits per heavy atom. The van der Waals surface area contributed by atoms with Crippen molar-refractivity contribution in [2.75, 3.05) is 0 Å². The molecule has 0 atom stereocenters. The molecule has 0 radical (unpaired) electrons. The molecule has 0 saturated carbocycles. The van der Waals surface area contributed by atoms with E-state index in [1.807, 2.05) is 36.4 Å². The van der Waals surface area contributed by atoms with Crippen molar-refractivity contribution in [1.82, 2.24) is 39.9 Å². The Hall–Kier alpha value is -10.2. The van der Waals surface area contributed by atoms with Gasteiger partial charge in [-0.05, 0) is 126 Å². The van der Waals surface area contributed by atoms with E-state index in [-0.39, 0.29) is 39.0 Å². The van der Waals surface area contributed by atoms with Crippen molar-refractivity contribution in [2.45, 2.75) is 0 Å². The summed E-state index contributed by atoms with van der Waals surface area (Å²) in [7, 11) is 0. The second-order valence-electron chi connectivity index (χ2n) is 20.9. The zero-order valence-corrected chi connectivity index (χ0v) is 52.5. The smallest absolute Gasteiger partial charge is 0.657 e. The van der Waals surface area contributed by atoms with E-state index in [1.165, 1.54) is 0 Å². The van der Waals surface area contributed by atoms with E-state index in [4.69, 9.17) is 39.9 Å². The van der Waals surface area contributed by atoms with Gasteiger partial charge < -0.3 is 19.9 Å². The predicted octanol–water partition coefficient (Wildman–Crippen LogP) is 17.8. The molecule has 12 aromatic rings. The van der Waals surface area contributed by atoms with Gasteiger partial charge in [-0.15, -0.1) is 44.1 Å². The van der Waals surface area contributed by atoms with E-state index in [9.17, 15) is 0 Å². The van der Waals surface area contributed by atoms with E-state index in [2.05, 4.69) is 243 Å². The summed E-state index contributed by atoms with van der Waals surface area (Å²) >= 11 is 0. The Morgan fingerprint density at radius 2 is 0.302 bits per heavy atom. The van der Waals surface area contributed by atoms with Gasteiger partial charge in [-0.2, -0.15) is 0 Å². The number of aromatic nitrogens is 8. The number of hydrogen-bond acceptors (Lipinski definition) is 4. The van der Waals surface area contributed by atoms with Crippen LogP contribution in [0.25, 0.3) is 171 Å². The summed E-state index contributed by atoms with van der Waals surface area (Å²) in [5.41, 5.74) is 25.1. The summed E-state index contributed by atoms with van der Waals surface area (Å²) < 4.78 is 0. The van der Waals surface area contributed by atoms with Crippen molar-refractivity contribution < 1.29 is 39.0 Å². The van der Waals surface area contributed by atoms with Crippen LogP contribution in [0.3, 0.4) is 0 Å². The van der Waals surface area contributed by atoms with E-state index < -0.39 is 0 Å². The van der Waals surface area contributed by atoms with Crippen LogP contribution >= 0.6 is 0 Å². The Kier molecular flexibility index (Phi) is 14.2. The molecule has 10 heterocycles. The van der Waals surface area contributed by atoms with Crippen molar-refractivity contribution in [1.29, 1.82) is 0 Å². The zero-order chi connectivity index (χ0) is 55.5. The van der Waals surface area contributed by atoms with Gasteiger partial charge in [-0.25, -0.2) is 19.9 Å². The molecule has 0 fully saturated rings. The molecule has 16 rings (SSSR count). The van der Waals surface area contributed by atoms with Gasteiger partial charge in [-0.3, -0.25) is 0 Å². The fourth-order valence-electron chi connectivity index (χ4n) is 12.1. The van der Waals surface area contributed by atoms with E-state index in [0.717, 1.165) is 145 Å². The fraction of sp³-hybridized carbons (Fsp3) is 0. The minimum atomic E-state index is 0. The van der Waals surface area contributed by atoms with Crippen LogP contribution < -0.4 is 19.9 Å². The first-order valence-corrected chi connectivity index (χ1v) is 28.1. The summed E-state index contributed by atoms with van der Waals surface area (Å²) in [4.78, 5) is 44.8. The third-order valence-corrected chi connectivity index (χ3v) is 15.8. The number of hydrogen-bond donors (Lipinski definition) is 0. The second kappa shape index (κ2) is 22.7. The fourth-order valence-corrected chi connectivity index (χ4v) is 12.1. The van der Waals surface area contributed by atoms with Crippen LogP contribution in [0.2, 0.25) is 0 Å². The molecule has 0 unspecified atom stereocenters. The van der Waals surface area contributed by atoms with Crippen LogP contribution in [0, 0.1) is 0 Å². The molecular formula is C76H46N8Zn2. The molecule has 0 saturated heterocycles. The molecule has 0 spiro atoms. The van der Waals surface area contributed by atoms with Gasteiger partial charge in [0.2, 0.25) is 0 Å². The molecular weight excluding hydrogens is 1160 g/mol. The van der Waals surface area contributed by atoms with Crippen molar-refractivity contribution >= 4 is 92.7 Å². The first kappa shape index (κ1) is 53.8. The normalized spacial score (nSPS) is 12.0. The SMILES string of the molecule is C1=Cc2nc1c(-c1ccccc1)c1ccc([n-]1)c(-c1ccccc1)c1nc(c(-c3c4nc(c(-c5ccccc5)c5ccc([n-]5)c(-c5ccccc5)c5nc(c(-c6ccccc6)c6ccc3[n-]6)C=C5)C=C4)c3ccc([n-]3)c2-c2ccccc2)C=C1.[Zn+2].[Zn+2]. The second-order valence-corrected chi connectivity index (χ2v) is 20.9. The van der Waals surface area contributed by atoms with Gasteiger partial charge in [-0.1, -0.05) is 231 Å². The van der Waals surface area contributed by atoms with Gasteiger partial charge >= 0.3 is 39.0 Å². The maximum atomic E-state index is 5.70. The monoisotopic (exact) mass is 1200 g/mol. The predicted molar refractivity (Wildman–Crippen MR) is 345 cm³/mol. The Labute approximate surface area is 521 Å². The molecule has 10 heteroatoms. The van der Waals surface area contributed by atoms with Crippen LogP contribution in [0.1, 0.15) is 45.6 Å². The standard InChI is InChI=1S/C76H46N8.2Zn/c1-7-19-47(20-8-1)69-53-31-35-57(77-53)71(49-23-11-3-12-24-49)61-39-43-65(81-61)75(66-44-40-62(82-66)72(50-25-13-4-14-26-50)58-36-32-54(69)78-58)76-67-45-41-63(83-67)73(51-27-15-5-16-28-51)59-37-33-55(79-59)70(48-21-9-2-10-22-48)56-34-38-60(80-56)74(52-29-17-6-18-30-52)64-42-46-68(76)84-64;;/h1-46H;;/q-4;2*+2. The molecule has 0 N–H and O–H groups in total. The van der Waals surface area contributed by atoms with Crippen molar-refractivity contribution in [3.63, 3.8) is 0 Å². The average molecular weight is 1200 g/mol. The number of benzene rings is 6. The van der Waals surface area contributed by atoms with Crippen molar-refractivity contribution in [2.24, 2.45) is 0 Å². The maximum absolute atomic E-state index is 5.70. The van der Waals surface area contributed by atoms with Gasteiger partial charge in [0.05, 0.1) is 45.6 Å². The molecule has 4 aliphatic heterocycles. The molecule has 8 nitrogen and oxygen atoms in total. The van der Waals surface area contributed by atoms with Crippen LogP contribution in [-0.4, -0.2) is 19.9 Å². The number of rotatable bonds is 7. The molecule has 86 heavy (non-hydrogen) atoms. The average Bonchev–Trinajstić information content (AvgIpc) is 2.13. The van der Waals surface area contributed by atoms with Crippen LogP contribution in [0.15, 0.2) is 231 Å². The van der Waals surface area contributed by atoms with Gasteiger partial charge in [0.25, 0.3) is 0 Å². The first-order valence-electron chi connectivity index (χ1n) is 28.1. The Morgan fingerprint density at radius 3 is 0.465 bits per heavy atom. The third-order valence-electron chi connectivity index (χ3n) is 15.8. The first-order chi connectivity index (χ1) is 41.6. The third kappa shape index (κ3) is 9.59. The minimum absolute atomic E-state index is 0. The summed E-state index contributed by atoms with van der Waals surface area (Å²) in [6, 6.07) is 79.3. The molecule has 394 valence electrons. The topological polar surface area (TPSA) is 108 Å². The van der Waals surface area contributed by atoms with E-state index in [0.29, 0.717) is 22.4 Å². The molecule has 6 aromatic carbocycles. The quantitative estimate of drug-likeness (QED) is 0.145. The Balaban J connectivity index is 0.00000327. The molecule has 4 aliphatic rings. The maximum Gasteiger partial charge on any atom is 2.00 e. The summed E-state index contributed by atoms with van der Waals surface area (Å²) in [6.45, 7) is 0. The minimum Gasteiger partial charge on any atom is -0.657 e. The Bertz CT molecular complexity index is 4700. The molecule has 0 aliphatic carbocycles. The summed E-state index contributed by atoms with van der Waals surface area (Å²) in [6.07, 6.45) is 16.8. The van der Waals surface area contributed by atoms with Gasteiger partial charge in [0, 0.05) is 0 Å². The van der Waals surface area contributed by atoms with Crippen molar-refractivity contribution in [3.8, 4) is 77.9 Å². The van der Waals surface area contributed by atoms with Crippen molar-refractivity contribution in [3.05, 3.63) is 276 Å². The van der Waals surface area contributed by atoms with Crippen LogP contribution in [0.5, 0.6) is 0 Å². The number of fused-ring (bicyclic) bond motifs is 16.